The van der Waals surface area contributed by atoms with Crippen molar-refractivity contribution in [1.29, 1.82) is 0 Å². The van der Waals surface area contributed by atoms with E-state index in [9.17, 15) is 14.7 Å². The van der Waals surface area contributed by atoms with Gasteiger partial charge >= 0.3 is 11.9 Å². The van der Waals surface area contributed by atoms with E-state index in [1.165, 1.54) is 64.2 Å². The highest BCUT2D eigenvalue weighted by atomic mass is 16.6. The van der Waals surface area contributed by atoms with Gasteiger partial charge in [-0.05, 0) is 40.0 Å². The molecular formula is C25H48O5. The molecule has 0 aromatic heterocycles. The van der Waals surface area contributed by atoms with Crippen molar-refractivity contribution in [2.75, 3.05) is 6.61 Å². The monoisotopic (exact) mass is 428 g/mol. The van der Waals surface area contributed by atoms with Gasteiger partial charge in [0, 0.05) is 6.42 Å². The maximum atomic E-state index is 11.8. The Morgan fingerprint density at radius 1 is 0.767 bits per heavy atom. The minimum absolute atomic E-state index is 0.233. The van der Waals surface area contributed by atoms with Crippen molar-refractivity contribution in [3.8, 4) is 0 Å². The molecule has 0 aromatic rings. The fourth-order valence-corrected chi connectivity index (χ4v) is 3.33. The van der Waals surface area contributed by atoms with E-state index in [-0.39, 0.29) is 12.6 Å². The lowest BCUT2D eigenvalue weighted by Gasteiger charge is -2.19. The van der Waals surface area contributed by atoms with Gasteiger partial charge < -0.3 is 14.6 Å². The van der Waals surface area contributed by atoms with Gasteiger partial charge in [-0.1, -0.05) is 84.0 Å². The Morgan fingerprint density at radius 2 is 1.27 bits per heavy atom. The van der Waals surface area contributed by atoms with Crippen LogP contribution in [0.25, 0.3) is 0 Å². The van der Waals surface area contributed by atoms with E-state index < -0.39 is 17.7 Å². The molecule has 0 amide bonds. The van der Waals surface area contributed by atoms with Crippen LogP contribution in [0, 0.1) is 0 Å². The number of carbonyl (C=O) groups is 2. The van der Waals surface area contributed by atoms with Gasteiger partial charge in [0.2, 0.25) is 0 Å². The zero-order valence-corrected chi connectivity index (χ0v) is 20.2. The summed E-state index contributed by atoms with van der Waals surface area (Å²) in [6, 6.07) is 0. The molecule has 0 saturated heterocycles. The number of hydrogen-bond donors (Lipinski definition) is 1. The van der Waals surface area contributed by atoms with Crippen molar-refractivity contribution in [1.82, 2.24) is 0 Å². The van der Waals surface area contributed by atoms with E-state index in [2.05, 4.69) is 6.92 Å². The molecule has 0 fully saturated rings. The molecular weight excluding hydrogens is 380 g/mol. The van der Waals surface area contributed by atoms with Gasteiger partial charge in [-0.3, -0.25) is 4.79 Å². The van der Waals surface area contributed by atoms with Gasteiger partial charge in [-0.2, -0.15) is 0 Å². The summed E-state index contributed by atoms with van der Waals surface area (Å²) in [6.07, 6.45) is 16.1. The Kier molecular flexibility index (Phi) is 18.0. The highest BCUT2D eigenvalue weighted by Crippen LogP contribution is 2.14. The maximum absolute atomic E-state index is 11.8. The minimum Gasteiger partial charge on any atom is -0.464 e. The van der Waals surface area contributed by atoms with Gasteiger partial charge in [-0.25, -0.2) is 4.79 Å². The largest absolute Gasteiger partial charge is 0.464 e. The Balaban J connectivity index is 3.47. The molecule has 5 heteroatoms. The predicted octanol–water partition coefficient (Wildman–Crippen LogP) is 6.49. The molecule has 0 aliphatic carbocycles. The molecule has 0 aromatic carbocycles. The first-order valence-electron chi connectivity index (χ1n) is 12.3. The second-order valence-corrected chi connectivity index (χ2v) is 9.40. The van der Waals surface area contributed by atoms with Crippen molar-refractivity contribution in [3.63, 3.8) is 0 Å². The van der Waals surface area contributed by atoms with Crippen molar-refractivity contribution < 1.29 is 24.2 Å². The molecule has 0 radical (unpaired) electrons. The van der Waals surface area contributed by atoms with Crippen LogP contribution >= 0.6 is 0 Å². The molecule has 0 aliphatic heterocycles. The topological polar surface area (TPSA) is 72.8 Å². The zero-order chi connectivity index (χ0) is 22.7. The van der Waals surface area contributed by atoms with Crippen molar-refractivity contribution in [3.05, 3.63) is 0 Å². The van der Waals surface area contributed by atoms with Crippen LogP contribution in [0.1, 0.15) is 130 Å². The Hall–Kier alpha value is -1.10. The van der Waals surface area contributed by atoms with Crippen LogP contribution in [0.5, 0.6) is 0 Å². The molecule has 178 valence electrons. The molecule has 1 N–H and O–H groups in total. The lowest BCUT2D eigenvalue weighted by atomic mass is 10.0. The third-order valence-corrected chi connectivity index (χ3v) is 5.04. The van der Waals surface area contributed by atoms with Gasteiger partial charge in [0.05, 0.1) is 6.61 Å². The number of ether oxygens (including phenoxy) is 2. The third-order valence-electron chi connectivity index (χ3n) is 5.04. The summed E-state index contributed by atoms with van der Waals surface area (Å²) in [5, 5.41) is 9.90. The smallest absolute Gasteiger partial charge is 0.334 e. The highest BCUT2D eigenvalue weighted by Gasteiger charge is 2.17. The fourth-order valence-electron chi connectivity index (χ4n) is 3.33. The van der Waals surface area contributed by atoms with Crippen LogP contribution < -0.4 is 0 Å². The number of hydrogen-bond acceptors (Lipinski definition) is 5. The SMILES string of the molecule is CCCCCCCCCCCCCCC(O)C(=O)OCCCCC(=O)OC(C)(C)C. The number of aliphatic hydroxyl groups excluding tert-OH is 1. The molecule has 1 unspecified atom stereocenters. The quantitative estimate of drug-likeness (QED) is 0.188. The summed E-state index contributed by atoms with van der Waals surface area (Å²) in [7, 11) is 0. The summed E-state index contributed by atoms with van der Waals surface area (Å²) in [6.45, 7) is 8.00. The second kappa shape index (κ2) is 18.7. The summed E-state index contributed by atoms with van der Waals surface area (Å²) in [4.78, 5) is 23.4. The Bertz CT molecular complexity index is 428. The molecule has 0 aliphatic rings. The van der Waals surface area contributed by atoms with Crippen LogP contribution in [-0.4, -0.2) is 35.4 Å². The van der Waals surface area contributed by atoms with Crippen LogP contribution in [0.4, 0.5) is 0 Å². The van der Waals surface area contributed by atoms with Crippen LogP contribution in [-0.2, 0) is 19.1 Å². The van der Waals surface area contributed by atoms with E-state index in [0.29, 0.717) is 25.7 Å². The molecule has 0 heterocycles. The highest BCUT2D eigenvalue weighted by molar-refractivity contribution is 5.74. The minimum atomic E-state index is -1.03. The number of unbranched alkanes of at least 4 members (excludes halogenated alkanes) is 12. The Morgan fingerprint density at radius 3 is 1.77 bits per heavy atom. The predicted molar refractivity (Wildman–Crippen MR) is 122 cm³/mol. The van der Waals surface area contributed by atoms with Gasteiger partial charge in [0.15, 0.2) is 6.10 Å². The first-order valence-corrected chi connectivity index (χ1v) is 12.3. The molecule has 0 saturated carbocycles. The van der Waals surface area contributed by atoms with Crippen molar-refractivity contribution in [2.24, 2.45) is 0 Å². The first kappa shape index (κ1) is 28.9. The second-order valence-electron chi connectivity index (χ2n) is 9.40. The summed E-state index contributed by atoms with van der Waals surface area (Å²) >= 11 is 0. The van der Waals surface area contributed by atoms with Crippen molar-refractivity contribution in [2.45, 2.75) is 142 Å². The van der Waals surface area contributed by atoms with E-state index in [1.807, 2.05) is 20.8 Å². The van der Waals surface area contributed by atoms with E-state index >= 15 is 0 Å². The van der Waals surface area contributed by atoms with Crippen LogP contribution in [0.3, 0.4) is 0 Å². The fraction of sp³-hybridized carbons (Fsp3) is 0.920. The summed E-state index contributed by atoms with van der Waals surface area (Å²) in [5.74, 6) is -0.781. The standard InChI is InChI=1S/C25H48O5/c1-5-6-7-8-9-10-11-12-13-14-15-16-19-22(26)24(28)29-21-18-17-20-23(27)30-25(2,3)4/h22,26H,5-21H2,1-4H3. The molecule has 0 bridgehead atoms. The normalized spacial score (nSPS) is 12.6. The van der Waals surface area contributed by atoms with Gasteiger partial charge in [-0.15, -0.1) is 0 Å². The summed E-state index contributed by atoms with van der Waals surface area (Å²) in [5.41, 5.74) is -0.471. The lowest BCUT2D eigenvalue weighted by molar-refractivity contribution is -0.155. The zero-order valence-electron chi connectivity index (χ0n) is 20.2. The van der Waals surface area contributed by atoms with E-state index in [4.69, 9.17) is 9.47 Å². The van der Waals surface area contributed by atoms with E-state index in [0.717, 1.165) is 12.8 Å². The molecule has 5 nitrogen and oxygen atoms in total. The first-order chi connectivity index (χ1) is 14.3. The number of aliphatic hydroxyl groups is 1. The van der Waals surface area contributed by atoms with Gasteiger partial charge in [0.1, 0.15) is 5.60 Å². The Labute approximate surface area is 185 Å². The average molecular weight is 429 g/mol. The molecule has 1 atom stereocenters. The average Bonchev–Trinajstić information content (AvgIpc) is 2.66. The number of rotatable bonds is 19. The van der Waals surface area contributed by atoms with Crippen molar-refractivity contribution >= 4 is 11.9 Å². The van der Waals surface area contributed by atoms with Crippen LogP contribution in [0.2, 0.25) is 0 Å². The molecule has 0 spiro atoms. The molecule has 0 rings (SSSR count). The number of esters is 2. The lowest BCUT2D eigenvalue weighted by Crippen LogP contribution is -2.24. The van der Waals surface area contributed by atoms with Gasteiger partial charge in [0.25, 0.3) is 0 Å². The molecule has 30 heavy (non-hydrogen) atoms. The number of carbonyl (C=O) groups excluding carboxylic acids is 2. The van der Waals surface area contributed by atoms with Crippen LogP contribution in [0.15, 0.2) is 0 Å². The summed E-state index contributed by atoms with van der Waals surface area (Å²) < 4.78 is 10.3. The maximum Gasteiger partial charge on any atom is 0.334 e. The third kappa shape index (κ3) is 20.2. The van der Waals surface area contributed by atoms with E-state index in [1.54, 1.807) is 0 Å².